The second-order valence-electron chi connectivity index (χ2n) is 5.63. The zero-order chi connectivity index (χ0) is 16.7. The summed E-state index contributed by atoms with van der Waals surface area (Å²) in [5, 5.41) is 0. The lowest BCUT2D eigenvalue weighted by Gasteiger charge is -2.18. The summed E-state index contributed by atoms with van der Waals surface area (Å²) >= 11 is 0. The van der Waals surface area contributed by atoms with Crippen molar-refractivity contribution in [1.29, 1.82) is 0 Å². The maximum Gasteiger partial charge on any atom is 0.123 e. The Morgan fingerprint density at radius 1 is 1.17 bits per heavy atom. The Morgan fingerprint density at radius 2 is 2.00 bits per heavy atom. The Morgan fingerprint density at radius 3 is 2.70 bits per heavy atom. The fourth-order valence-corrected chi connectivity index (χ4v) is 2.65. The first-order valence-corrected chi connectivity index (χ1v) is 7.87. The van der Waals surface area contributed by atoms with E-state index in [0.29, 0.717) is 18.9 Å². The van der Waals surface area contributed by atoms with Crippen LogP contribution in [0.2, 0.25) is 0 Å². The van der Waals surface area contributed by atoms with Crippen molar-refractivity contribution in [2.75, 3.05) is 20.3 Å². The number of hydrogen-bond acceptors (Lipinski definition) is 3. The van der Waals surface area contributed by atoms with Gasteiger partial charge in [0.05, 0.1) is 13.7 Å². The van der Waals surface area contributed by atoms with Gasteiger partial charge in [-0.25, -0.2) is 4.39 Å². The third kappa shape index (κ3) is 4.96. The van der Waals surface area contributed by atoms with Gasteiger partial charge in [-0.2, -0.15) is 0 Å². The number of nitrogens with two attached hydrogens (primary N) is 1. The van der Waals surface area contributed by atoms with Crippen molar-refractivity contribution in [2.24, 2.45) is 5.73 Å². The minimum Gasteiger partial charge on any atom is -0.496 e. The molecule has 1 unspecified atom stereocenters. The Balaban J connectivity index is 1.91. The molecule has 0 aliphatic rings. The van der Waals surface area contributed by atoms with Crippen molar-refractivity contribution in [3.8, 4) is 11.5 Å². The van der Waals surface area contributed by atoms with Crippen LogP contribution in [0.1, 0.15) is 29.9 Å². The molecular formula is C19H24FNO2. The van der Waals surface area contributed by atoms with Crippen molar-refractivity contribution in [3.63, 3.8) is 0 Å². The van der Waals surface area contributed by atoms with Gasteiger partial charge in [-0.05, 0) is 62.2 Å². The molecule has 23 heavy (non-hydrogen) atoms. The van der Waals surface area contributed by atoms with Crippen LogP contribution in [-0.4, -0.2) is 20.3 Å². The molecule has 3 nitrogen and oxygen atoms in total. The van der Waals surface area contributed by atoms with Gasteiger partial charge in [0, 0.05) is 11.5 Å². The molecule has 0 saturated carbocycles. The number of rotatable bonds is 8. The van der Waals surface area contributed by atoms with E-state index in [1.54, 1.807) is 13.2 Å². The molecule has 0 radical (unpaired) electrons. The first-order chi connectivity index (χ1) is 11.1. The van der Waals surface area contributed by atoms with Gasteiger partial charge in [0.1, 0.15) is 17.3 Å². The molecule has 4 heteroatoms. The van der Waals surface area contributed by atoms with Crippen LogP contribution in [0.5, 0.6) is 11.5 Å². The quantitative estimate of drug-likeness (QED) is 0.747. The van der Waals surface area contributed by atoms with Crippen LogP contribution in [0.25, 0.3) is 0 Å². The Bertz CT molecular complexity index is 631. The van der Waals surface area contributed by atoms with Crippen LogP contribution >= 0.6 is 0 Å². The van der Waals surface area contributed by atoms with Crippen molar-refractivity contribution in [3.05, 3.63) is 59.4 Å². The van der Waals surface area contributed by atoms with Crippen LogP contribution in [-0.2, 0) is 0 Å². The Labute approximate surface area is 137 Å². The summed E-state index contributed by atoms with van der Waals surface area (Å²) in [4.78, 5) is 0. The smallest absolute Gasteiger partial charge is 0.123 e. The Hall–Kier alpha value is -2.07. The number of halogens is 1. The third-order valence-electron chi connectivity index (χ3n) is 3.87. The van der Waals surface area contributed by atoms with Gasteiger partial charge in [0.2, 0.25) is 0 Å². The molecule has 0 aromatic heterocycles. The molecule has 1 atom stereocenters. The van der Waals surface area contributed by atoms with Gasteiger partial charge in [-0.3, -0.25) is 0 Å². The second-order valence-corrected chi connectivity index (χ2v) is 5.63. The maximum absolute atomic E-state index is 13.5. The summed E-state index contributed by atoms with van der Waals surface area (Å²) in [6.07, 6.45) is 1.66. The Kier molecular flexibility index (Phi) is 6.41. The molecule has 124 valence electrons. The molecule has 0 saturated heterocycles. The summed E-state index contributed by atoms with van der Waals surface area (Å²) in [6.45, 7) is 3.09. The lowest BCUT2D eigenvalue weighted by molar-refractivity contribution is 0.300. The van der Waals surface area contributed by atoms with Gasteiger partial charge >= 0.3 is 0 Å². The predicted molar refractivity (Wildman–Crippen MR) is 90.7 cm³/mol. The fourth-order valence-electron chi connectivity index (χ4n) is 2.65. The van der Waals surface area contributed by atoms with Crippen LogP contribution in [0.4, 0.5) is 4.39 Å². The first-order valence-electron chi connectivity index (χ1n) is 7.87. The molecule has 0 bridgehead atoms. The van der Waals surface area contributed by atoms with E-state index in [-0.39, 0.29) is 11.7 Å². The fraction of sp³-hybridized carbons (Fsp3) is 0.368. The zero-order valence-electron chi connectivity index (χ0n) is 13.7. The lowest BCUT2D eigenvalue weighted by Crippen LogP contribution is -2.15. The highest BCUT2D eigenvalue weighted by molar-refractivity contribution is 5.37. The van der Waals surface area contributed by atoms with E-state index in [1.807, 2.05) is 31.2 Å². The second kappa shape index (κ2) is 8.53. The largest absolute Gasteiger partial charge is 0.496 e. The van der Waals surface area contributed by atoms with Crippen molar-refractivity contribution >= 4 is 0 Å². The van der Waals surface area contributed by atoms with Crippen LogP contribution in [0.3, 0.4) is 0 Å². The third-order valence-corrected chi connectivity index (χ3v) is 3.87. The van der Waals surface area contributed by atoms with Crippen LogP contribution in [0.15, 0.2) is 42.5 Å². The van der Waals surface area contributed by atoms with Gasteiger partial charge in [0.25, 0.3) is 0 Å². The molecule has 0 aliphatic carbocycles. The summed E-state index contributed by atoms with van der Waals surface area (Å²) in [7, 11) is 1.59. The molecule has 2 aromatic carbocycles. The van der Waals surface area contributed by atoms with Gasteiger partial charge in [-0.1, -0.05) is 12.1 Å². The van der Waals surface area contributed by atoms with E-state index < -0.39 is 0 Å². The van der Waals surface area contributed by atoms with E-state index in [4.69, 9.17) is 15.2 Å². The van der Waals surface area contributed by atoms with E-state index in [2.05, 4.69) is 0 Å². The van der Waals surface area contributed by atoms with Crippen molar-refractivity contribution < 1.29 is 13.9 Å². The topological polar surface area (TPSA) is 44.5 Å². The van der Waals surface area contributed by atoms with Crippen molar-refractivity contribution in [1.82, 2.24) is 0 Å². The molecule has 0 fully saturated rings. The number of hydrogen-bond donors (Lipinski definition) is 1. The highest BCUT2D eigenvalue weighted by Gasteiger charge is 2.15. The van der Waals surface area contributed by atoms with E-state index >= 15 is 0 Å². The average Bonchev–Trinajstić information content (AvgIpc) is 2.55. The monoisotopic (exact) mass is 317 g/mol. The predicted octanol–water partition coefficient (Wildman–Crippen LogP) is 4.04. The molecule has 0 spiro atoms. The molecule has 2 rings (SSSR count). The van der Waals surface area contributed by atoms with Gasteiger partial charge < -0.3 is 15.2 Å². The van der Waals surface area contributed by atoms with E-state index in [9.17, 15) is 4.39 Å². The normalized spacial score (nSPS) is 12.0. The average molecular weight is 317 g/mol. The molecule has 0 amide bonds. The standard InChI is InChI=1S/C19H24FNO2/c1-14-5-3-7-17(11-14)23-10-4-6-15(13-21)18-12-16(20)8-9-19(18)22-2/h3,5,7-9,11-12,15H,4,6,10,13,21H2,1-2H3. The minimum absolute atomic E-state index is 0.0572. The number of benzene rings is 2. The number of methoxy groups -OCH3 is 1. The molecule has 0 heterocycles. The zero-order valence-corrected chi connectivity index (χ0v) is 13.7. The highest BCUT2D eigenvalue weighted by Crippen LogP contribution is 2.30. The van der Waals surface area contributed by atoms with E-state index in [1.165, 1.54) is 17.7 Å². The lowest BCUT2D eigenvalue weighted by atomic mass is 9.93. The van der Waals surface area contributed by atoms with Crippen LogP contribution in [0, 0.1) is 12.7 Å². The van der Waals surface area contributed by atoms with Crippen LogP contribution < -0.4 is 15.2 Å². The summed E-state index contributed by atoms with van der Waals surface area (Å²) < 4.78 is 24.6. The van der Waals surface area contributed by atoms with Gasteiger partial charge in [-0.15, -0.1) is 0 Å². The van der Waals surface area contributed by atoms with Crippen molar-refractivity contribution in [2.45, 2.75) is 25.7 Å². The first kappa shape index (κ1) is 17.3. The molecule has 2 aromatic rings. The highest BCUT2D eigenvalue weighted by atomic mass is 19.1. The van der Waals surface area contributed by atoms with Gasteiger partial charge in [0.15, 0.2) is 0 Å². The van der Waals surface area contributed by atoms with E-state index in [0.717, 1.165) is 24.2 Å². The molecular weight excluding hydrogens is 293 g/mol. The number of ether oxygens (including phenoxy) is 2. The summed E-state index contributed by atoms with van der Waals surface area (Å²) in [6, 6.07) is 12.5. The maximum atomic E-state index is 13.5. The minimum atomic E-state index is -0.268. The number of aryl methyl sites for hydroxylation is 1. The summed E-state index contributed by atoms with van der Waals surface area (Å²) in [5.41, 5.74) is 7.87. The molecule has 2 N–H and O–H groups in total. The SMILES string of the molecule is COc1ccc(F)cc1C(CN)CCCOc1cccc(C)c1. The summed E-state index contributed by atoms with van der Waals surface area (Å²) in [5.74, 6) is 1.34. The molecule has 0 aliphatic heterocycles.